The number of aromatic amines is 1. The van der Waals surface area contributed by atoms with Gasteiger partial charge in [-0.05, 0) is 37.3 Å². The molecule has 146 valence electrons. The number of amides is 1. The number of carbonyl (C=O) groups excluding carboxylic acids is 1. The Kier molecular flexibility index (Phi) is 6.41. The highest BCUT2D eigenvalue weighted by Crippen LogP contribution is 2.11. The topological polar surface area (TPSA) is 80.6 Å². The van der Waals surface area contributed by atoms with Gasteiger partial charge in [0.25, 0.3) is 11.5 Å². The van der Waals surface area contributed by atoms with E-state index in [9.17, 15) is 9.59 Å². The highest BCUT2D eigenvalue weighted by molar-refractivity contribution is 7.71. The minimum atomic E-state index is -0.175. The largest absolute Gasteiger partial charge is 0.383 e. The quantitative estimate of drug-likeness (QED) is 0.601. The lowest BCUT2D eigenvalue weighted by molar-refractivity contribution is -0.909. The summed E-state index contributed by atoms with van der Waals surface area (Å²) in [4.78, 5) is 29.8. The van der Waals surface area contributed by atoms with Crippen molar-refractivity contribution in [3.63, 3.8) is 0 Å². The second kappa shape index (κ2) is 8.77. The Morgan fingerprint density at radius 3 is 3.04 bits per heavy atom. The molecule has 1 aromatic heterocycles. The lowest BCUT2D eigenvalue weighted by atomic mass is 10.1. The van der Waals surface area contributed by atoms with Gasteiger partial charge >= 0.3 is 0 Å². The zero-order valence-corrected chi connectivity index (χ0v) is 16.7. The van der Waals surface area contributed by atoms with Gasteiger partial charge in [0.2, 0.25) is 0 Å². The van der Waals surface area contributed by atoms with E-state index in [2.05, 4.69) is 17.2 Å². The Labute approximate surface area is 163 Å². The summed E-state index contributed by atoms with van der Waals surface area (Å²) in [5.41, 5.74) is 0.928. The lowest BCUT2D eigenvalue weighted by Crippen LogP contribution is -3.14. The number of aromatic nitrogens is 2. The molecule has 1 aromatic carbocycles. The third-order valence-electron chi connectivity index (χ3n) is 5.35. The molecule has 1 aliphatic heterocycles. The first-order valence-corrected chi connectivity index (χ1v) is 9.84. The zero-order chi connectivity index (χ0) is 19.4. The van der Waals surface area contributed by atoms with E-state index in [0.717, 1.165) is 13.0 Å². The SMILES string of the molecule is CC[NH+]1CCCC1CNC(=O)c1ccc2c(=O)n(CCOC)c(=S)[nH]c2c1. The van der Waals surface area contributed by atoms with Crippen molar-refractivity contribution >= 4 is 29.0 Å². The van der Waals surface area contributed by atoms with E-state index in [0.29, 0.717) is 47.0 Å². The van der Waals surface area contributed by atoms with Crippen molar-refractivity contribution in [3.05, 3.63) is 38.9 Å². The molecule has 0 bridgehead atoms. The van der Waals surface area contributed by atoms with E-state index in [1.165, 1.54) is 17.5 Å². The number of hydrogen-bond donors (Lipinski definition) is 3. The first-order valence-electron chi connectivity index (χ1n) is 9.43. The maximum Gasteiger partial charge on any atom is 0.262 e. The van der Waals surface area contributed by atoms with Crippen LogP contribution in [0.5, 0.6) is 0 Å². The summed E-state index contributed by atoms with van der Waals surface area (Å²) >= 11 is 5.29. The number of nitrogens with one attached hydrogen (secondary N) is 3. The molecule has 2 heterocycles. The Morgan fingerprint density at radius 2 is 2.30 bits per heavy atom. The van der Waals surface area contributed by atoms with Gasteiger partial charge in [0.15, 0.2) is 4.77 Å². The molecule has 2 atom stereocenters. The normalized spacial score (nSPS) is 19.5. The molecule has 7 nitrogen and oxygen atoms in total. The second-order valence-electron chi connectivity index (χ2n) is 6.95. The predicted molar refractivity (Wildman–Crippen MR) is 107 cm³/mol. The van der Waals surface area contributed by atoms with E-state index in [-0.39, 0.29) is 11.5 Å². The van der Waals surface area contributed by atoms with Crippen molar-refractivity contribution in [2.45, 2.75) is 32.4 Å². The van der Waals surface area contributed by atoms with Crippen LogP contribution in [-0.4, -0.2) is 54.9 Å². The van der Waals surface area contributed by atoms with Gasteiger partial charge in [0, 0.05) is 25.5 Å². The number of carbonyl (C=O) groups is 1. The molecule has 1 fully saturated rings. The van der Waals surface area contributed by atoms with Crippen molar-refractivity contribution in [2.75, 3.05) is 33.4 Å². The van der Waals surface area contributed by atoms with Crippen LogP contribution in [0.1, 0.15) is 30.1 Å². The van der Waals surface area contributed by atoms with Crippen LogP contribution in [0.4, 0.5) is 0 Å². The molecule has 3 N–H and O–H groups in total. The smallest absolute Gasteiger partial charge is 0.262 e. The van der Waals surface area contributed by atoms with Gasteiger partial charge in [-0.1, -0.05) is 0 Å². The molecule has 1 aliphatic rings. The number of fused-ring (bicyclic) bond motifs is 1. The number of ether oxygens (including phenoxy) is 1. The van der Waals surface area contributed by atoms with Gasteiger partial charge in [-0.25, -0.2) is 0 Å². The number of quaternary nitrogens is 1. The fourth-order valence-electron chi connectivity index (χ4n) is 3.79. The Bertz CT molecular complexity index is 937. The first kappa shape index (κ1) is 19.7. The van der Waals surface area contributed by atoms with Crippen molar-refractivity contribution in [3.8, 4) is 0 Å². The van der Waals surface area contributed by atoms with Crippen LogP contribution in [0.15, 0.2) is 23.0 Å². The number of rotatable bonds is 7. The third-order valence-corrected chi connectivity index (χ3v) is 5.68. The molecule has 1 saturated heterocycles. The molecule has 2 aromatic rings. The summed E-state index contributed by atoms with van der Waals surface area (Å²) in [5, 5.41) is 3.55. The average molecular weight is 392 g/mol. The Balaban J connectivity index is 1.79. The van der Waals surface area contributed by atoms with Gasteiger partial charge in [-0.3, -0.25) is 14.2 Å². The van der Waals surface area contributed by atoms with Crippen LogP contribution in [0.25, 0.3) is 10.9 Å². The monoisotopic (exact) mass is 391 g/mol. The highest BCUT2D eigenvalue weighted by atomic mass is 32.1. The Hall–Kier alpha value is -2.03. The molecule has 27 heavy (non-hydrogen) atoms. The molecule has 0 radical (unpaired) electrons. The summed E-state index contributed by atoms with van der Waals surface area (Å²) in [6.45, 7) is 5.91. The van der Waals surface area contributed by atoms with Gasteiger partial charge in [-0.2, -0.15) is 0 Å². The molecule has 8 heteroatoms. The number of likely N-dealkylation sites (N-methyl/N-ethyl adjacent to an activating group) is 1. The third kappa shape index (κ3) is 4.28. The summed E-state index contributed by atoms with van der Waals surface area (Å²) in [5.74, 6) is -0.123. The molecule has 0 spiro atoms. The lowest BCUT2D eigenvalue weighted by Gasteiger charge is -2.20. The summed E-state index contributed by atoms with van der Waals surface area (Å²) in [6, 6.07) is 5.55. The molecule has 2 unspecified atom stereocenters. The fraction of sp³-hybridized carbons (Fsp3) is 0.526. The van der Waals surface area contributed by atoms with Crippen molar-refractivity contribution < 1.29 is 14.4 Å². The standard InChI is InChI=1S/C19H26N4O3S/c1-3-22-8-4-5-14(22)12-20-17(24)13-6-7-15-16(11-13)21-19(27)23(18(15)25)9-10-26-2/h6-7,11,14H,3-5,8-10,12H2,1-2H3,(H,20,24)(H,21,27)/p+1. The van der Waals surface area contributed by atoms with Gasteiger partial charge < -0.3 is 19.9 Å². The van der Waals surface area contributed by atoms with E-state index in [4.69, 9.17) is 17.0 Å². The van der Waals surface area contributed by atoms with Crippen LogP contribution in [0.3, 0.4) is 0 Å². The average Bonchev–Trinajstić information content (AvgIpc) is 3.13. The minimum Gasteiger partial charge on any atom is -0.383 e. The van der Waals surface area contributed by atoms with Crippen LogP contribution in [-0.2, 0) is 11.3 Å². The summed E-state index contributed by atoms with van der Waals surface area (Å²) in [6.07, 6.45) is 2.36. The molecule has 0 saturated carbocycles. The van der Waals surface area contributed by atoms with Gasteiger partial charge in [0.1, 0.15) is 6.04 Å². The van der Waals surface area contributed by atoms with Crippen LogP contribution < -0.4 is 15.8 Å². The van der Waals surface area contributed by atoms with Crippen LogP contribution >= 0.6 is 12.2 Å². The van der Waals surface area contributed by atoms with Crippen LogP contribution in [0.2, 0.25) is 0 Å². The zero-order valence-electron chi connectivity index (χ0n) is 15.8. The maximum atomic E-state index is 12.6. The number of H-pyrrole nitrogens is 1. The summed E-state index contributed by atoms with van der Waals surface area (Å²) < 4.78 is 6.83. The van der Waals surface area contributed by atoms with Gasteiger partial charge in [0.05, 0.1) is 43.7 Å². The first-order chi connectivity index (χ1) is 13.0. The minimum absolute atomic E-state index is 0.123. The van der Waals surface area contributed by atoms with Crippen molar-refractivity contribution in [2.24, 2.45) is 0 Å². The van der Waals surface area contributed by atoms with E-state index in [1.807, 2.05) is 0 Å². The van der Waals surface area contributed by atoms with Crippen molar-refractivity contribution in [1.82, 2.24) is 14.9 Å². The molecule has 1 amide bonds. The second-order valence-corrected chi connectivity index (χ2v) is 7.34. The number of nitrogens with zero attached hydrogens (tertiary/aromatic N) is 1. The molecule has 0 aliphatic carbocycles. The van der Waals surface area contributed by atoms with E-state index in [1.54, 1.807) is 30.2 Å². The number of benzene rings is 1. The number of likely N-dealkylation sites (tertiary alicyclic amines) is 1. The van der Waals surface area contributed by atoms with Gasteiger partial charge in [-0.15, -0.1) is 0 Å². The van der Waals surface area contributed by atoms with E-state index >= 15 is 0 Å². The molecule has 3 rings (SSSR count). The van der Waals surface area contributed by atoms with E-state index < -0.39 is 0 Å². The number of hydrogen-bond acceptors (Lipinski definition) is 4. The Morgan fingerprint density at radius 1 is 1.48 bits per heavy atom. The summed E-state index contributed by atoms with van der Waals surface area (Å²) in [7, 11) is 1.58. The number of methoxy groups -OCH3 is 1. The van der Waals surface area contributed by atoms with Crippen LogP contribution in [0, 0.1) is 4.77 Å². The molecular weight excluding hydrogens is 364 g/mol. The maximum absolute atomic E-state index is 12.6. The fourth-order valence-corrected chi connectivity index (χ4v) is 4.08. The van der Waals surface area contributed by atoms with Crippen molar-refractivity contribution in [1.29, 1.82) is 0 Å². The highest BCUT2D eigenvalue weighted by Gasteiger charge is 2.27. The predicted octanol–water partition coefficient (Wildman–Crippen LogP) is 0.502. The molecular formula is C19H27N4O3S+.